The molecule has 1 unspecified atom stereocenters. The SMILES string of the molecule is CCCCNC(=O)CN1C(=O)CC(c2cccc(Oc3ccccc3)c2)C(C(=O)OCC)=C1C. The minimum absolute atomic E-state index is 0.0581. The first-order chi connectivity index (χ1) is 16.4. The van der Waals surface area contributed by atoms with E-state index in [0.717, 1.165) is 18.4 Å². The smallest absolute Gasteiger partial charge is 0.336 e. The quantitative estimate of drug-likeness (QED) is 0.412. The van der Waals surface area contributed by atoms with Crippen LogP contribution in [0.2, 0.25) is 0 Å². The lowest BCUT2D eigenvalue weighted by atomic mass is 9.83. The van der Waals surface area contributed by atoms with Crippen LogP contribution in [0, 0.1) is 0 Å². The van der Waals surface area contributed by atoms with Gasteiger partial charge in [0.25, 0.3) is 0 Å². The molecule has 34 heavy (non-hydrogen) atoms. The van der Waals surface area contributed by atoms with E-state index < -0.39 is 11.9 Å². The van der Waals surface area contributed by atoms with Gasteiger partial charge in [-0.15, -0.1) is 0 Å². The van der Waals surface area contributed by atoms with E-state index in [1.165, 1.54) is 4.90 Å². The Morgan fingerprint density at radius 2 is 1.79 bits per heavy atom. The normalized spacial score (nSPS) is 15.8. The lowest BCUT2D eigenvalue weighted by Gasteiger charge is -2.34. The summed E-state index contributed by atoms with van der Waals surface area (Å²) in [6.45, 7) is 6.12. The van der Waals surface area contributed by atoms with Crippen molar-refractivity contribution in [2.45, 2.75) is 46.0 Å². The fraction of sp³-hybridized carbons (Fsp3) is 0.370. The maximum atomic E-state index is 13.1. The number of carbonyl (C=O) groups excluding carboxylic acids is 3. The third-order valence-electron chi connectivity index (χ3n) is 5.71. The van der Waals surface area contributed by atoms with Crippen molar-refractivity contribution in [2.75, 3.05) is 19.7 Å². The summed E-state index contributed by atoms with van der Waals surface area (Å²) in [5.74, 6) is -0.142. The van der Waals surface area contributed by atoms with Crippen LogP contribution in [0.5, 0.6) is 11.5 Å². The fourth-order valence-electron chi connectivity index (χ4n) is 3.99. The van der Waals surface area contributed by atoms with Crippen molar-refractivity contribution in [1.29, 1.82) is 0 Å². The van der Waals surface area contributed by atoms with E-state index in [-0.39, 0.29) is 31.4 Å². The predicted octanol–water partition coefficient (Wildman–Crippen LogP) is 4.55. The summed E-state index contributed by atoms with van der Waals surface area (Å²) in [6, 6.07) is 16.8. The number of ether oxygens (including phenoxy) is 2. The van der Waals surface area contributed by atoms with Gasteiger partial charge in [-0.3, -0.25) is 9.59 Å². The Labute approximate surface area is 200 Å². The van der Waals surface area contributed by atoms with Crippen molar-refractivity contribution in [3.63, 3.8) is 0 Å². The molecule has 180 valence electrons. The number of unbranched alkanes of at least 4 members (excludes halogenated alkanes) is 1. The number of amides is 2. The molecule has 0 radical (unpaired) electrons. The van der Waals surface area contributed by atoms with Crippen LogP contribution in [0.25, 0.3) is 0 Å². The monoisotopic (exact) mass is 464 g/mol. The maximum Gasteiger partial charge on any atom is 0.336 e. The molecule has 1 N–H and O–H groups in total. The van der Waals surface area contributed by atoms with E-state index in [2.05, 4.69) is 5.32 Å². The molecule has 1 aliphatic rings. The van der Waals surface area contributed by atoms with Gasteiger partial charge in [-0.25, -0.2) is 4.79 Å². The van der Waals surface area contributed by atoms with Crippen molar-refractivity contribution in [2.24, 2.45) is 0 Å². The number of hydrogen-bond acceptors (Lipinski definition) is 5. The van der Waals surface area contributed by atoms with Gasteiger partial charge in [0.15, 0.2) is 0 Å². The molecule has 2 amide bonds. The number of allylic oxidation sites excluding steroid dienone is 1. The Bertz CT molecular complexity index is 1050. The molecule has 0 saturated carbocycles. The van der Waals surface area contributed by atoms with E-state index in [4.69, 9.17) is 9.47 Å². The standard InChI is InChI=1S/C27H32N2O5/c1-4-6-15-28-24(30)18-29-19(3)26(27(32)33-5-2)23(17-25(29)31)20-11-10-14-22(16-20)34-21-12-8-7-9-13-21/h7-14,16,23H,4-6,15,17-18H2,1-3H3,(H,28,30). The van der Waals surface area contributed by atoms with Crippen LogP contribution in [-0.2, 0) is 19.1 Å². The second-order valence-corrected chi connectivity index (χ2v) is 8.15. The van der Waals surface area contributed by atoms with E-state index in [1.807, 2.05) is 61.5 Å². The van der Waals surface area contributed by atoms with Crippen molar-refractivity contribution in [1.82, 2.24) is 10.2 Å². The molecule has 1 aliphatic heterocycles. The van der Waals surface area contributed by atoms with E-state index in [1.54, 1.807) is 13.8 Å². The molecule has 7 nitrogen and oxygen atoms in total. The third kappa shape index (κ3) is 6.25. The average molecular weight is 465 g/mol. The Hall–Kier alpha value is -3.61. The molecule has 0 spiro atoms. The van der Waals surface area contributed by atoms with E-state index >= 15 is 0 Å². The maximum absolute atomic E-state index is 13.1. The first-order valence-corrected chi connectivity index (χ1v) is 11.7. The molecule has 1 heterocycles. The van der Waals surface area contributed by atoms with Crippen LogP contribution in [0.4, 0.5) is 0 Å². The first kappa shape index (κ1) is 25.0. The van der Waals surface area contributed by atoms with Gasteiger partial charge in [0.2, 0.25) is 11.8 Å². The Balaban J connectivity index is 1.90. The molecular weight excluding hydrogens is 432 g/mol. The average Bonchev–Trinajstić information content (AvgIpc) is 2.82. The van der Waals surface area contributed by atoms with Gasteiger partial charge in [-0.2, -0.15) is 0 Å². The molecule has 0 fully saturated rings. The topological polar surface area (TPSA) is 84.9 Å². The predicted molar refractivity (Wildman–Crippen MR) is 129 cm³/mol. The number of carbonyl (C=O) groups is 3. The Morgan fingerprint density at radius 3 is 2.50 bits per heavy atom. The Kier molecular flexibility index (Phi) is 8.85. The van der Waals surface area contributed by atoms with Crippen LogP contribution in [0.15, 0.2) is 65.9 Å². The van der Waals surface area contributed by atoms with E-state index in [9.17, 15) is 14.4 Å². The summed E-state index contributed by atoms with van der Waals surface area (Å²) < 4.78 is 11.3. The highest BCUT2D eigenvalue weighted by Crippen LogP contribution is 2.38. The van der Waals surface area contributed by atoms with Crippen molar-refractivity contribution >= 4 is 17.8 Å². The lowest BCUT2D eigenvalue weighted by Crippen LogP contribution is -2.44. The van der Waals surface area contributed by atoms with Gasteiger partial charge >= 0.3 is 5.97 Å². The van der Waals surface area contributed by atoms with Gasteiger partial charge < -0.3 is 19.7 Å². The minimum atomic E-state index is -0.495. The van der Waals surface area contributed by atoms with Crippen LogP contribution < -0.4 is 10.1 Å². The van der Waals surface area contributed by atoms with E-state index in [0.29, 0.717) is 29.3 Å². The lowest BCUT2D eigenvalue weighted by molar-refractivity contribution is -0.141. The van der Waals surface area contributed by atoms with Crippen LogP contribution in [0.1, 0.15) is 51.5 Å². The number of rotatable bonds is 10. The van der Waals surface area contributed by atoms with Crippen LogP contribution in [-0.4, -0.2) is 42.4 Å². The molecule has 0 aliphatic carbocycles. The number of nitrogens with zero attached hydrogens (tertiary/aromatic N) is 1. The summed E-state index contributed by atoms with van der Waals surface area (Å²) in [6.07, 6.45) is 1.89. The number of hydrogen-bond donors (Lipinski definition) is 1. The minimum Gasteiger partial charge on any atom is -0.463 e. The van der Waals surface area contributed by atoms with Crippen molar-refractivity contribution in [3.8, 4) is 11.5 Å². The Morgan fingerprint density at radius 1 is 1.06 bits per heavy atom. The van der Waals surface area contributed by atoms with Gasteiger partial charge in [0.05, 0.1) is 12.2 Å². The largest absolute Gasteiger partial charge is 0.463 e. The third-order valence-corrected chi connectivity index (χ3v) is 5.71. The molecule has 2 aromatic rings. The summed E-state index contributed by atoms with van der Waals surface area (Å²) in [4.78, 5) is 39.8. The van der Waals surface area contributed by atoms with Crippen LogP contribution >= 0.6 is 0 Å². The molecule has 0 bridgehead atoms. The summed E-state index contributed by atoms with van der Waals surface area (Å²) in [7, 11) is 0. The van der Waals surface area contributed by atoms with Gasteiger partial charge in [-0.05, 0) is 50.1 Å². The zero-order chi connectivity index (χ0) is 24.5. The van der Waals surface area contributed by atoms with Gasteiger partial charge in [-0.1, -0.05) is 43.7 Å². The number of para-hydroxylation sites is 1. The number of benzene rings is 2. The molecule has 0 aromatic heterocycles. The zero-order valence-electron chi connectivity index (χ0n) is 20.0. The van der Waals surface area contributed by atoms with Gasteiger partial charge in [0.1, 0.15) is 18.0 Å². The molecule has 2 aromatic carbocycles. The second-order valence-electron chi connectivity index (χ2n) is 8.15. The van der Waals surface area contributed by atoms with Gasteiger partial charge in [0, 0.05) is 24.6 Å². The molecule has 1 atom stereocenters. The summed E-state index contributed by atoms with van der Waals surface area (Å²) in [5, 5.41) is 2.83. The number of nitrogens with one attached hydrogen (secondary N) is 1. The van der Waals surface area contributed by atoms with Crippen molar-refractivity contribution in [3.05, 3.63) is 71.4 Å². The number of esters is 1. The fourth-order valence-corrected chi connectivity index (χ4v) is 3.99. The van der Waals surface area contributed by atoms with Crippen molar-refractivity contribution < 1.29 is 23.9 Å². The highest BCUT2D eigenvalue weighted by atomic mass is 16.5. The summed E-state index contributed by atoms with van der Waals surface area (Å²) >= 11 is 0. The molecule has 0 saturated heterocycles. The molecule has 7 heteroatoms. The molecular formula is C27H32N2O5. The highest BCUT2D eigenvalue weighted by molar-refractivity contribution is 5.97. The highest BCUT2D eigenvalue weighted by Gasteiger charge is 2.37. The summed E-state index contributed by atoms with van der Waals surface area (Å²) in [5.41, 5.74) is 1.61. The first-order valence-electron chi connectivity index (χ1n) is 11.7. The molecule has 3 rings (SSSR count). The zero-order valence-corrected chi connectivity index (χ0v) is 20.0. The van der Waals surface area contributed by atoms with Crippen LogP contribution in [0.3, 0.4) is 0 Å². The second kappa shape index (κ2) is 12.0.